The average molecular weight is 345 g/mol. The summed E-state index contributed by atoms with van der Waals surface area (Å²) in [5, 5.41) is 8.48. The van der Waals surface area contributed by atoms with E-state index >= 15 is 0 Å². The third-order valence-electron chi connectivity index (χ3n) is 2.90. The first kappa shape index (κ1) is 21.6. The van der Waals surface area contributed by atoms with Crippen LogP contribution in [0, 0.1) is 13.8 Å². The smallest absolute Gasteiger partial charge is 0.329 e. The first-order chi connectivity index (χ1) is 10.9. The van der Waals surface area contributed by atoms with E-state index in [9.17, 15) is 9.00 Å². The molecule has 6 nitrogen and oxygen atoms in total. The van der Waals surface area contributed by atoms with Crippen LogP contribution in [0.2, 0.25) is 0 Å². The van der Waals surface area contributed by atoms with Gasteiger partial charge in [0.25, 0.3) is 0 Å². The molecule has 1 atom stereocenters. The lowest BCUT2D eigenvalue weighted by molar-refractivity contribution is -0.142. The van der Waals surface area contributed by atoms with Gasteiger partial charge >= 0.3 is 5.97 Å². The number of nitrogens with zero attached hydrogens (tertiary/aromatic N) is 1. The van der Waals surface area contributed by atoms with Crippen molar-refractivity contribution in [1.82, 2.24) is 4.31 Å². The third kappa shape index (κ3) is 7.11. The highest BCUT2D eigenvalue weighted by Crippen LogP contribution is 2.25. The number of aryl methyl sites for hydroxylation is 2. The Hall–Kier alpha value is -1.44. The van der Waals surface area contributed by atoms with Gasteiger partial charge in [0, 0.05) is 13.6 Å². The summed E-state index contributed by atoms with van der Waals surface area (Å²) < 4.78 is 24.3. The normalized spacial score (nSPS) is 11.6. The Morgan fingerprint density at radius 2 is 1.78 bits per heavy atom. The van der Waals surface area contributed by atoms with E-state index in [1.54, 1.807) is 18.5 Å². The van der Waals surface area contributed by atoms with Crippen molar-refractivity contribution < 1.29 is 23.6 Å². The van der Waals surface area contributed by atoms with Gasteiger partial charge in [-0.15, -0.1) is 0 Å². The maximum Gasteiger partial charge on any atom is 0.329 e. The molecule has 7 heteroatoms. The number of benzene rings is 1. The van der Waals surface area contributed by atoms with E-state index in [0.29, 0.717) is 6.54 Å². The summed E-state index contributed by atoms with van der Waals surface area (Å²) in [6.45, 7) is 8.02. The molecule has 0 saturated heterocycles. The minimum absolute atomic E-state index is 0.211. The number of likely N-dealkylation sites (N-methyl/N-ethyl adjacent to an activating group) is 1. The highest BCUT2D eigenvalue weighted by atomic mass is 32.2. The lowest BCUT2D eigenvalue weighted by atomic mass is 10.1. The predicted molar refractivity (Wildman–Crippen MR) is 91.3 cm³/mol. The van der Waals surface area contributed by atoms with Gasteiger partial charge in [-0.25, -0.2) is 13.3 Å². The molecule has 0 heterocycles. The second kappa shape index (κ2) is 11.2. The molecular formula is C16H27NO5S. The zero-order valence-electron chi connectivity index (χ0n) is 14.7. The molecular weight excluding hydrogens is 318 g/mol. The van der Waals surface area contributed by atoms with Crippen LogP contribution in [0.5, 0.6) is 5.75 Å². The molecule has 0 aliphatic rings. The van der Waals surface area contributed by atoms with Crippen LogP contribution < -0.4 is 4.74 Å². The maximum absolute atomic E-state index is 12.5. The van der Waals surface area contributed by atoms with Crippen LogP contribution in [-0.2, 0) is 20.5 Å². The molecule has 0 aliphatic carbocycles. The molecule has 1 N–H and O–H groups in total. The molecule has 1 aromatic carbocycles. The van der Waals surface area contributed by atoms with Crippen LogP contribution in [0.4, 0.5) is 0 Å². The summed E-state index contributed by atoms with van der Waals surface area (Å²) in [4.78, 5) is 11.1. The first-order valence-electron chi connectivity index (χ1n) is 7.44. The number of rotatable bonds is 8. The summed E-state index contributed by atoms with van der Waals surface area (Å²) in [6.07, 6.45) is 0. The van der Waals surface area contributed by atoms with Crippen LogP contribution in [0.15, 0.2) is 17.0 Å². The highest BCUT2D eigenvalue weighted by Gasteiger charge is 2.16. The van der Waals surface area contributed by atoms with E-state index in [1.807, 2.05) is 39.8 Å². The minimum Gasteiger partial charge on any atom is -0.497 e. The second-order valence-corrected chi connectivity index (χ2v) is 6.17. The molecule has 0 fully saturated rings. The number of ether oxygens (including phenoxy) is 2. The molecule has 0 aliphatic heterocycles. The molecule has 1 rings (SSSR count). The number of carboxylic acid groups (broad SMARTS) is 1. The van der Waals surface area contributed by atoms with Crippen LogP contribution in [0.1, 0.15) is 25.0 Å². The molecule has 23 heavy (non-hydrogen) atoms. The monoisotopic (exact) mass is 345 g/mol. The van der Waals surface area contributed by atoms with Crippen molar-refractivity contribution in [2.24, 2.45) is 0 Å². The van der Waals surface area contributed by atoms with E-state index < -0.39 is 17.0 Å². The number of methoxy groups -OCH3 is 1. The molecule has 0 bridgehead atoms. The quantitative estimate of drug-likeness (QED) is 0.732. The Labute approximate surface area is 141 Å². The average Bonchev–Trinajstić information content (AvgIpc) is 2.52. The topological polar surface area (TPSA) is 76.1 Å². The van der Waals surface area contributed by atoms with E-state index in [0.717, 1.165) is 21.8 Å². The summed E-state index contributed by atoms with van der Waals surface area (Å²) in [5.41, 5.74) is 1.78. The Morgan fingerprint density at radius 3 is 2.22 bits per heavy atom. The van der Waals surface area contributed by atoms with Crippen LogP contribution >= 0.6 is 0 Å². The first-order valence-corrected chi connectivity index (χ1v) is 8.55. The van der Waals surface area contributed by atoms with Crippen molar-refractivity contribution in [3.05, 3.63) is 23.3 Å². The van der Waals surface area contributed by atoms with Gasteiger partial charge < -0.3 is 14.6 Å². The lowest BCUT2D eigenvalue weighted by Crippen LogP contribution is -2.27. The standard InChI is InChI=1S/C14H21NO5S.C2H6/c1-10-7-12(19-4)8-11(2)14(10)21(18)15(3)5-6-20-9-13(16)17;1-2/h7-8H,5-6,9H2,1-4H3,(H,16,17);1-2H3. The lowest BCUT2D eigenvalue weighted by Gasteiger charge is -2.19. The van der Waals surface area contributed by atoms with Gasteiger partial charge in [0.2, 0.25) is 0 Å². The third-order valence-corrected chi connectivity index (χ3v) is 4.65. The van der Waals surface area contributed by atoms with E-state index in [-0.39, 0.29) is 13.2 Å². The Bertz CT molecular complexity index is 510. The maximum atomic E-state index is 12.5. The molecule has 0 amide bonds. The van der Waals surface area contributed by atoms with Crippen molar-refractivity contribution in [2.75, 3.05) is 33.9 Å². The molecule has 0 radical (unpaired) electrons. The van der Waals surface area contributed by atoms with Gasteiger partial charge in [0.05, 0.1) is 18.6 Å². The summed E-state index contributed by atoms with van der Waals surface area (Å²) in [6, 6.07) is 3.68. The molecule has 132 valence electrons. The van der Waals surface area contributed by atoms with Crippen molar-refractivity contribution in [3.63, 3.8) is 0 Å². The molecule has 0 aromatic heterocycles. The SMILES string of the molecule is CC.COc1cc(C)c(S(=O)N(C)CCOCC(=O)O)c(C)c1. The fourth-order valence-electron chi connectivity index (χ4n) is 1.90. The Kier molecular flexibility index (Phi) is 10.5. The van der Waals surface area contributed by atoms with Gasteiger partial charge in [-0.1, -0.05) is 13.8 Å². The van der Waals surface area contributed by atoms with E-state index in [2.05, 4.69) is 0 Å². The molecule has 0 spiro atoms. The van der Waals surface area contributed by atoms with Gasteiger partial charge in [-0.05, 0) is 37.1 Å². The van der Waals surface area contributed by atoms with Gasteiger partial charge in [0.1, 0.15) is 23.3 Å². The van der Waals surface area contributed by atoms with Crippen LogP contribution in [0.3, 0.4) is 0 Å². The van der Waals surface area contributed by atoms with Crippen molar-refractivity contribution in [1.29, 1.82) is 0 Å². The number of hydrogen-bond acceptors (Lipinski definition) is 4. The summed E-state index contributed by atoms with van der Waals surface area (Å²) in [5.74, 6) is -0.279. The van der Waals surface area contributed by atoms with E-state index in [4.69, 9.17) is 14.6 Å². The van der Waals surface area contributed by atoms with E-state index in [1.165, 1.54) is 0 Å². The van der Waals surface area contributed by atoms with Gasteiger partial charge in [-0.3, -0.25) is 0 Å². The van der Waals surface area contributed by atoms with Gasteiger partial charge in [0.15, 0.2) is 0 Å². The zero-order valence-corrected chi connectivity index (χ0v) is 15.5. The van der Waals surface area contributed by atoms with Gasteiger partial charge in [-0.2, -0.15) is 0 Å². The predicted octanol–water partition coefficient (Wildman–Crippen LogP) is 2.39. The molecule has 0 saturated carbocycles. The summed E-state index contributed by atoms with van der Waals surface area (Å²) in [7, 11) is 1.98. The number of aliphatic carboxylic acids is 1. The van der Waals surface area contributed by atoms with Crippen molar-refractivity contribution in [2.45, 2.75) is 32.6 Å². The van der Waals surface area contributed by atoms with Crippen molar-refractivity contribution >= 4 is 17.0 Å². The molecule has 1 unspecified atom stereocenters. The molecule has 1 aromatic rings. The number of carbonyl (C=O) groups is 1. The highest BCUT2D eigenvalue weighted by molar-refractivity contribution is 7.82. The number of carboxylic acids is 1. The van der Waals surface area contributed by atoms with Crippen LogP contribution in [-0.4, -0.2) is 53.5 Å². The fourth-order valence-corrected chi connectivity index (χ4v) is 3.12. The Balaban J connectivity index is 0.00000232. The summed E-state index contributed by atoms with van der Waals surface area (Å²) >= 11 is 0. The van der Waals surface area contributed by atoms with Crippen LogP contribution in [0.25, 0.3) is 0 Å². The largest absolute Gasteiger partial charge is 0.497 e. The fraction of sp³-hybridized carbons (Fsp3) is 0.562. The zero-order chi connectivity index (χ0) is 18.0. The number of hydrogen-bond donors (Lipinski definition) is 1. The Morgan fingerprint density at radius 1 is 1.26 bits per heavy atom. The second-order valence-electron chi connectivity index (χ2n) is 4.64. The minimum atomic E-state index is -1.33. The van der Waals surface area contributed by atoms with Crippen molar-refractivity contribution in [3.8, 4) is 5.75 Å².